The summed E-state index contributed by atoms with van der Waals surface area (Å²) in [7, 11) is 0. The second-order valence-corrected chi connectivity index (χ2v) is 3.61. The number of ketones is 1. The van der Waals surface area contributed by atoms with Crippen molar-refractivity contribution >= 4 is 11.8 Å². The molecule has 0 spiro atoms. The van der Waals surface area contributed by atoms with Crippen LogP contribution in [0.4, 0.5) is 0 Å². The first-order valence-electron chi connectivity index (χ1n) is 4.41. The average Bonchev–Trinajstić information content (AvgIpc) is 2.30. The number of rotatable bonds is 2. The predicted molar refractivity (Wildman–Crippen MR) is 48.0 cm³/mol. The second-order valence-electron chi connectivity index (χ2n) is 3.61. The molecule has 0 aromatic heterocycles. The molecule has 72 valence electrons. The number of carbonyl (C=O) groups is 2. The van der Waals surface area contributed by atoms with Gasteiger partial charge in [0.25, 0.3) is 0 Å². The zero-order valence-corrected chi connectivity index (χ0v) is 8.11. The van der Waals surface area contributed by atoms with E-state index in [2.05, 4.69) is 0 Å². The Labute approximate surface area is 77.8 Å². The van der Waals surface area contributed by atoms with Gasteiger partial charge in [-0.2, -0.15) is 0 Å². The van der Waals surface area contributed by atoms with Gasteiger partial charge in [0.15, 0.2) is 5.78 Å². The summed E-state index contributed by atoms with van der Waals surface area (Å²) in [4.78, 5) is 22.0. The minimum absolute atomic E-state index is 0.0567. The van der Waals surface area contributed by atoms with E-state index in [1.54, 1.807) is 6.08 Å². The average molecular weight is 182 g/mol. The summed E-state index contributed by atoms with van der Waals surface area (Å²) in [6, 6.07) is 0. The molecule has 0 heterocycles. The van der Waals surface area contributed by atoms with Gasteiger partial charge in [0, 0.05) is 6.92 Å². The van der Waals surface area contributed by atoms with Gasteiger partial charge in [-0.3, -0.25) is 9.59 Å². The van der Waals surface area contributed by atoms with E-state index in [1.165, 1.54) is 13.0 Å². The van der Waals surface area contributed by atoms with Crippen LogP contribution in [0.3, 0.4) is 0 Å². The van der Waals surface area contributed by atoms with Crippen LogP contribution in [-0.4, -0.2) is 17.9 Å². The Bertz CT molecular complexity index is 253. The van der Waals surface area contributed by atoms with E-state index in [1.807, 2.05) is 13.8 Å². The van der Waals surface area contributed by atoms with E-state index in [0.717, 1.165) is 0 Å². The number of carbonyl (C=O) groups excluding carboxylic acids is 2. The summed E-state index contributed by atoms with van der Waals surface area (Å²) in [6.07, 6.45) is 2.80. The Morgan fingerprint density at radius 3 is 2.62 bits per heavy atom. The fourth-order valence-electron chi connectivity index (χ4n) is 1.59. The van der Waals surface area contributed by atoms with Crippen LogP contribution in [0.2, 0.25) is 0 Å². The van der Waals surface area contributed by atoms with Gasteiger partial charge >= 0.3 is 5.97 Å². The highest BCUT2D eigenvalue weighted by atomic mass is 16.5. The molecular formula is C10H14O3. The molecule has 3 nitrogen and oxygen atoms in total. The molecule has 0 radical (unpaired) electrons. The molecule has 13 heavy (non-hydrogen) atoms. The number of hydrogen-bond donors (Lipinski definition) is 0. The number of ether oxygens (including phenoxy) is 1. The molecule has 1 aliphatic carbocycles. The highest BCUT2D eigenvalue weighted by Crippen LogP contribution is 2.25. The highest BCUT2D eigenvalue weighted by Gasteiger charge is 2.34. The minimum atomic E-state index is -0.356. The zero-order valence-electron chi connectivity index (χ0n) is 8.11. The van der Waals surface area contributed by atoms with Crippen molar-refractivity contribution in [1.82, 2.24) is 0 Å². The van der Waals surface area contributed by atoms with Crippen LogP contribution in [0.1, 0.15) is 20.8 Å². The lowest BCUT2D eigenvalue weighted by atomic mass is 9.91. The van der Waals surface area contributed by atoms with Crippen LogP contribution in [-0.2, 0) is 14.3 Å². The van der Waals surface area contributed by atoms with Crippen molar-refractivity contribution in [3.63, 3.8) is 0 Å². The van der Waals surface area contributed by atoms with Gasteiger partial charge in [-0.1, -0.05) is 13.8 Å². The summed E-state index contributed by atoms with van der Waals surface area (Å²) in [5.41, 5.74) is 0. The Hall–Kier alpha value is -1.12. The van der Waals surface area contributed by atoms with Crippen molar-refractivity contribution in [2.75, 3.05) is 0 Å². The molecule has 0 amide bonds. The first-order valence-corrected chi connectivity index (χ1v) is 4.41. The van der Waals surface area contributed by atoms with Gasteiger partial charge in [-0.25, -0.2) is 0 Å². The van der Waals surface area contributed by atoms with E-state index >= 15 is 0 Å². The molecule has 0 saturated heterocycles. The minimum Gasteiger partial charge on any atom is -0.458 e. The van der Waals surface area contributed by atoms with Gasteiger partial charge in [0.2, 0.25) is 0 Å². The lowest BCUT2D eigenvalue weighted by molar-refractivity contribution is -0.147. The molecule has 1 rings (SSSR count). The molecule has 0 unspecified atom stereocenters. The largest absolute Gasteiger partial charge is 0.458 e. The van der Waals surface area contributed by atoms with Crippen LogP contribution < -0.4 is 0 Å². The third-order valence-corrected chi connectivity index (χ3v) is 2.15. The van der Waals surface area contributed by atoms with Crippen LogP contribution in [0.25, 0.3) is 0 Å². The van der Waals surface area contributed by atoms with E-state index in [0.29, 0.717) is 0 Å². The third-order valence-electron chi connectivity index (χ3n) is 2.15. The fraction of sp³-hybridized carbons (Fsp3) is 0.600. The molecule has 0 bridgehead atoms. The maximum absolute atomic E-state index is 11.3. The first kappa shape index (κ1) is 9.96. The lowest BCUT2D eigenvalue weighted by Gasteiger charge is -2.20. The number of esters is 1. The Morgan fingerprint density at radius 1 is 1.54 bits per heavy atom. The summed E-state index contributed by atoms with van der Waals surface area (Å²) in [6.45, 7) is 5.26. The van der Waals surface area contributed by atoms with Crippen LogP contribution in [0.15, 0.2) is 12.2 Å². The van der Waals surface area contributed by atoms with Gasteiger partial charge in [0.1, 0.15) is 6.10 Å². The molecule has 1 aliphatic rings. The fourth-order valence-corrected chi connectivity index (χ4v) is 1.59. The van der Waals surface area contributed by atoms with Crippen molar-refractivity contribution in [3.05, 3.63) is 12.2 Å². The summed E-state index contributed by atoms with van der Waals surface area (Å²) >= 11 is 0. The molecule has 3 heteroatoms. The molecule has 0 saturated carbocycles. The summed E-state index contributed by atoms with van der Waals surface area (Å²) < 4.78 is 5.01. The number of hydrogen-bond acceptors (Lipinski definition) is 3. The van der Waals surface area contributed by atoms with Crippen molar-refractivity contribution < 1.29 is 14.3 Å². The van der Waals surface area contributed by atoms with E-state index in [4.69, 9.17) is 4.74 Å². The maximum Gasteiger partial charge on any atom is 0.303 e. The number of allylic oxidation sites excluding steroid dienone is 1. The first-order chi connectivity index (χ1) is 6.02. The molecule has 0 aromatic carbocycles. The van der Waals surface area contributed by atoms with E-state index in [9.17, 15) is 9.59 Å². The molecular weight excluding hydrogens is 168 g/mol. The monoisotopic (exact) mass is 182 g/mol. The quantitative estimate of drug-likeness (QED) is 0.605. The second kappa shape index (κ2) is 3.73. The summed E-state index contributed by atoms with van der Waals surface area (Å²) in [5.74, 6) is -0.271. The smallest absolute Gasteiger partial charge is 0.303 e. The standard InChI is InChI=1S/C10H14O3/c1-6(2)10-8(12)4-5-9(10)13-7(3)11/h4-6,9-10H,1-3H3/t9-,10-/m1/s1. The van der Waals surface area contributed by atoms with Crippen LogP contribution in [0, 0.1) is 11.8 Å². The maximum atomic E-state index is 11.3. The predicted octanol–water partition coefficient (Wildman–Crippen LogP) is 1.33. The Morgan fingerprint density at radius 2 is 2.15 bits per heavy atom. The highest BCUT2D eigenvalue weighted by molar-refractivity contribution is 5.95. The topological polar surface area (TPSA) is 43.4 Å². The van der Waals surface area contributed by atoms with Gasteiger partial charge in [0.05, 0.1) is 5.92 Å². The van der Waals surface area contributed by atoms with E-state index in [-0.39, 0.29) is 29.7 Å². The van der Waals surface area contributed by atoms with Gasteiger partial charge in [-0.15, -0.1) is 0 Å². The molecule has 0 aromatic rings. The lowest BCUT2D eigenvalue weighted by Crippen LogP contribution is -2.29. The van der Waals surface area contributed by atoms with Crippen molar-refractivity contribution in [1.29, 1.82) is 0 Å². The SMILES string of the molecule is CC(=O)O[C@@H]1C=CC(=O)[C@H]1C(C)C. The van der Waals surface area contributed by atoms with E-state index < -0.39 is 0 Å². The van der Waals surface area contributed by atoms with Crippen LogP contribution >= 0.6 is 0 Å². The Balaban J connectivity index is 2.69. The van der Waals surface area contributed by atoms with Gasteiger partial charge < -0.3 is 4.74 Å². The third kappa shape index (κ3) is 2.17. The summed E-state index contributed by atoms with van der Waals surface area (Å²) in [5, 5.41) is 0. The zero-order chi connectivity index (χ0) is 10.0. The van der Waals surface area contributed by atoms with Crippen molar-refractivity contribution in [3.8, 4) is 0 Å². The van der Waals surface area contributed by atoms with Crippen molar-refractivity contribution in [2.24, 2.45) is 11.8 Å². The normalized spacial score (nSPS) is 26.9. The molecule has 2 atom stereocenters. The molecule has 0 aliphatic heterocycles. The Kier molecular flexibility index (Phi) is 2.86. The van der Waals surface area contributed by atoms with Gasteiger partial charge in [-0.05, 0) is 18.1 Å². The molecule has 0 fully saturated rings. The van der Waals surface area contributed by atoms with Crippen molar-refractivity contribution in [2.45, 2.75) is 26.9 Å². The molecule has 0 N–H and O–H groups in total. The van der Waals surface area contributed by atoms with Crippen LogP contribution in [0.5, 0.6) is 0 Å².